The Kier molecular flexibility index (Phi) is 5.14. The van der Waals surface area contributed by atoms with Gasteiger partial charge in [0.25, 0.3) is 0 Å². The Bertz CT molecular complexity index is 857. The van der Waals surface area contributed by atoms with Gasteiger partial charge in [-0.2, -0.15) is 0 Å². The number of methoxy groups -OCH3 is 1. The maximum Gasteiger partial charge on any atom is 0.232 e. The third-order valence-electron chi connectivity index (χ3n) is 4.06. The van der Waals surface area contributed by atoms with Crippen molar-refractivity contribution in [2.75, 3.05) is 19.1 Å². The van der Waals surface area contributed by atoms with Crippen LogP contribution in [0.2, 0.25) is 0 Å². The first-order chi connectivity index (χ1) is 12.1. The van der Waals surface area contributed by atoms with Crippen molar-refractivity contribution in [2.45, 2.75) is 13.3 Å². The first-order valence-electron chi connectivity index (χ1n) is 8.01. The van der Waals surface area contributed by atoms with Gasteiger partial charge in [0, 0.05) is 23.2 Å². The fraction of sp³-hybridized carbons (Fsp3) is 0.200. The van der Waals surface area contributed by atoms with Crippen molar-refractivity contribution in [3.8, 4) is 16.3 Å². The second-order valence-electron chi connectivity index (χ2n) is 5.72. The third kappa shape index (κ3) is 3.88. The Morgan fingerprint density at radius 1 is 1.12 bits per heavy atom. The molecule has 1 aromatic heterocycles. The van der Waals surface area contributed by atoms with E-state index in [2.05, 4.69) is 4.98 Å². The summed E-state index contributed by atoms with van der Waals surface area (Å²) in [5, 5.41) is 0.922. The van der Waals surface area contributed by atoms with Crippen LogP contribution in [0.25, 0.3) is 10.6 Å². The minimum absolute atomic E-state index is 0.0548. The highest BCUT2D eigenvalue weighted by atomic mass is 32.1. The molecule has 0 bridgehead atoms. The second kappa shape index (κ2) is 7.49. The Morgan fingerprint density at radius 2 is 1.80 bits per heavy atom. The number of carbonyl (C=O) groups excluding carboxylic acids is 1. The van der Waals surface area contributed by atoms with E-state index in [1.807, 2.05) is 61.5 Å². The normalized spacial score (nSPS) is 10.5. The molecule has 0 unspecified atom stereocenters. The van der Waals surface area contributed by atoms with E-state index in [4.69, 9.17) is 4.74 Å². The number of amides is 1. The van der Waals surface area contributed by atoms with E-state index in [0.717, 1.165) is 32.6 Å². The quantitative estimate of drug-likeness (QED) is 0.686. The zero-order valence-corrected chi connectivity index (χ0v) is 15.3. The summed E-state index contributed by atoms with van der Waals surface area (Å²) in [6.07, 6.45) is 0.352. The van der Waals surface area contributed by atoms with E-state index in [-0.39, 0.29) is 5.91 Å². The van der Waals surface area contributed by atoms with Crippen LogP contribution in [0, 0.1) is 6.92 Å². The summed E-state index contributed by atoms with van der Waals surface area (Å²) in [5.74, 6) is 0.871. The van der Waals surface area contributed by atoms with Gasteiger partial charge in [0.15, 0.2) is 0 Å². The van der Waals surface area contributed by atoms with E-state index in [0.29, 0.717) is 6.42 Å². The van der Waals surface area contributed by atoms with Crippen LogP contribution in [0.1, 0.15) is 10.6 Å². The van der Waals surface area contributed by atoms with Gasteiger partial charge in [-0.05, 0) is 43.3 Å². The summed E-state index contributed by atoms with van der Waals surface area (Å²) in [4.78, 5) is 19.9. The highest BCUT2D eigenvalue weighted by Gasteiger charge is 2.16. The maximum absolute atomic E-state index is 12.6. The molecule has 25 heavy (non-hydrogen) atoms. The van der Waals surface area contributed by atoms with E-state index >= 15 is 0 Å². The number of aromatic nitrogens is 1. The van der Waals surface area contributed by atoms with Gasteiger partial charge in [0.1, 0.15) is 10.8 Å². The molecule has 0 aliphatic heterocycles. The number of para-hydroxylation sites is 1. The molecule has 1 amide bonds. The van der Waals surface area contributed by atoms with Crippen LogP contribution in [-0.4, -0.2) is 25.0 Å². The Hall–Kier alpha value is -2.66. The Morgan fingerprint density at radius 3 is 2.44 bits per heavy atom. The minimum atomic E-state index is 0.0548. The lowest BCUT2D eigenvalue weighted by molar-refractivity contribution is -0.117. The molecule has 3 aromatic rings. The molecule has 0 aliphatic carbocycles. The average Bonchev–Trinajstić information content (AvgIpc) is 3.02. The molecule has 3 rings (SSSR count). The third-order valence-corrected chi connectivity index (χ3v) is 5.27. The highest BCUT2D eigenvalue weighted by Crippen LogP contribution is 2.30. The number of likely N-dealkylation sites (N-methyl/N-ethyl adjacent to an activating group) is 1. The van der Waals surface area contributed by atoms with Gasteiger partial charge in [0.2, 0.25) is 5.91 Å². The summed E-state index contributed by atoms with van der Waals surface area (Å²) in [7, 11) is 3.45. The Labute approximate surface area is 151 Å². The number of benzene rings is 2. The van der Waals surface area contributed by atoms with Crippen molar-refractivity contribution < 1.29 is 9.53 Å². The van der Waals surface area contributed by atoms with E-state index < -0.39 is 0 Å². The molecule has 4 nitrogen and oxygen atoms in total. The van der Waals surface area contributed by atoms with Gasteiger partial charge in [-0.25, -0.2) is 4.98 Å². The molecule has 0 aliphatic rings. The summed E-state index contributed by atoms with van der Waals surface area (Å²) in [6.45, 7) is 1.95. The number of hydrogen-bond acceptors (Lipinski definition) is 4. The molecular formula is C20H20N2O2S. The predicted octanol–water partition coefficient (Wildman–Crippen LogP) is 4.33. The van der Waals surface area contributed by atoms with E-state index in [9.17, 15) is 4.79 Å². The molecule has 0 spiro atoms. The lowest BCUT2D eigenvalue weighted by atomic mass is 10.2. The van der Waals surface area contributed by atoms with Gasteiger partial charge in [-0.1, -0.05) is 18.2 Å². The number of ether oxygens (including phenoxy) is 1. The predicted molar refractivity (Wildman–Crippen MR) is 102 cm³/mol. The highest BCUT2D eigenvalue weighted by molar-refractivity contribution is 7.15. The van der Waals surface area contributed by atoms with Crippen LogP contribution in [-0.2, 0) is 11.2 Å². The molecule has 0 radical (unpaired) electrons. The summed E-state index contributed by atoms with van der Waals surface area (Å²) in [5.41, 5.74) is 2.83. The summed E-state index contributed by atoms with van der Waals surface area (Å²) >= 11 is 1.57. The first kappa shape index (κ1) is 17.2. The molecule has 0 atom stereocenters. The van der Waals surface area contributed by atoms with Crippen molar-refractivity contribution in [1.29, 1.82) is 0 Å². The molecule has 2 aromatic carbocycles. The Balaban J connectivity index is 1.77. The fourth-order valence-electron chi connectivity index (χ4n) is 2.50. The first-order valence-corrected chi connectivity index (χ1v) is 8.82. The van der Waals surface area contributed by atoms with Crippen LogP contribution in [0.3, 0.4) is 0 Å². The molecule has 1 heterocycles. The molecule has 128 valence electrons. The van der Waals surface area contributed by atoms with Crippen LogP contribution >= 0.6 is 11.3 Å². The molecular weight excluding hydrogens is 332 g/mol. The van der Waals surface area contributed by atoms with Crippen LogP contribution in [0.15, 0.2) is 54.6 Å². The second-order valence-corrected chi connectivity index (χ2v) is 6.80. The largest absolute Gasteiger partial charge is 0.497 e. The van der Waals surface area contributed by atoms with Gasteiger partial charge in [0.05, 0.1) is 19.2 Å². The zero-order valence-electron chi connectivity index (χ0n) is 14.5. The van der Waals surface area contributed by atoms with Crippen LogP contribution in [0.4, 0.5) is 5.69 Å². The van der Waals surface area contributed by atoms with Crippen molar-refractivity contribution in [3.63, 3.8) is 0 Å². The zero-order chi connectivity index (χ0) is 17.8. The number of rotatable bonds is 5. The minimum Gasteiger partial charge on any atom is -0.497 e. The maximum atomic E-state index is 12.6. The summed E-state index contributed by atoms with van der Waals surface area (Å²) in [6, 6.07) is 17.5. The average molecular weight is 352 g/mol. The number of nitrogens with zero attached hydrogens (tertiary/aromatic N) is 2. The van der Waals surface area contributed by atoms with Crippen molar-refractivity contribution >= 4 is 22.9 Å². The van der Waals surface area contributed by atoms with E-state index in [1.54, 1.807) is 30.4 Å². The lowest BCUT2D eigenvalue weighted by Gasteiger charge is -2.16. The number of anilines is 1. The fourth-order valence-corrected chi connectivity index (χ4v) is 3.56. The van der Waals surface area contributed by atoms with Crippen molar-refractivity contribution in [3.05, 3.63) is 65.2 Å². The molecule has 5 heteroatoms. The van der Waals surface area contributed by atoms with Crippen LogP contribution < -0.4 is 9.64 Å². The van der Waals surface area contributed by atoms with Gasteiger partial charge >= 0.3 is 0 Å². The molecule has 0 N–H and O–H groups in total. The SMILES string of the molecule is COc1ccc(-c2nc(C)c(CC(=O)N(C)c3ccccc3)s2)cc1. The van der Waals surface area contributed by atoms with Crippen molar-refractivity contribution in [2.24, 2.45) is 0 Å². The molecule has 0 fully saturated rings. The number of carbonyl (C=O) groups is 1. The topological polar surface area (TPSA) is 42.4 Å². The van der Waals surface area contributed by atoms with Gasteiger partial charge in [-0.15, -0.1) is 11.3 Å². The van der Waals surface area contributed by atoms with Gasteiger partial charge in [-0.3, -0.25) is 4.79 Å². The van der Waals surface area contributed by atoms with Crippen LogP contribution in [0.5, 0.6) is 5.75 Å². The monoisotopic (exact) mass is 352 g/mol. The van der Waals surface area contributed by atoms with E-state index in [1.165, 1.54) is 0 Å². The molecule has 0 saturated heterocycles. The lowest BCUT2D eigenvalue weighted by Crippen LogP contribution is -2.27. The number of hydrogen-bond donors (Lipinski definition) is 0. The van der Waals surface area contributed by atoms with Gasteiger partial charge < -0.3 is 9.64 Å². The number of aryl methyl sites for hydroxylation is 1. The van der Waals surface area contributed by atoms with Crippen molar-refractivity contribution in [1.82, 2.24) is 4.98 Å². The number of thiazole rings is 1. The summed E-state index contributed by atoms with van der Waals surface area (Å²) < 4.78 is 5.19. The smallest absolute Gasteiger partial charge is 0.232 e. The molecule has 0 saturated carbocycles. The standard InChI is InChI=1S/C20H20N2O2S/c1-14-18(13-19(23)22(2)16-7-5-4-6-8-16)25-20(21-14)15-9-11-17(24-3)12-10-15/h4-12H,13H2,1-3H3.